The number of hydrogen-bond donors (Lipinski definition) is 2. The lowest BCUT2D eigenvalue weighted by molar-refractivity contribution is -0.253. The van der Waals surface area contributed by atoms with E-state index in [2.05, 4.69) is 4.89 Å². The van der Waals surface area contributed by atoms with Crippen LogP contribution >= 0.6 is 0 Å². The smallest absolute Gasteiger partial charge is 0.344 e. The van der Waals surface area contributed by atoms with Crippen molar-refractivity contribution in [3.8, 4) is 17.2 Å². The Morgan fingerprint density at radius 3 is 2.00 bits per heavy atom. The molecule has 0 saturated heterocycles. The molecular formula is C30H26O10S. The van der Waals surface area contributed by atoms with Gasteiger partial charge in [0.25, 0.3) is 0 Å². The summed E-state index contributed by atoms with van der Waals surface area (Å²) in [6.45, 7) is 5.45. The number of carbonyl (C=O) groups excluding carboxylic acids is 2. The average molecular weight is 579 g/mol. The molecule has 0 aromatic heterocycles. The molecule has 0 atom stereocenters. The maximum Gasteiger partial charge on any atom is 0.344 e. The van der Waals surface area contributed by atoms with Crippen molar-refractivity contribution in [2.75, 3.05) is 0 Å². The number of hydrogen-bond acceptors (Lipinski definition) is 9. The molecule has 4 rings (SSSR count). The second-order valence-corrected chi connectivity index (χ2v) is 10.6. The first-order valence-corrected chi connectivity index (χ1v) is 13.4. The van der Waals surface area contributed by atoms with Gasteiger partial charge in [0.05, 0.1) is 20.9 Å². The molecule has 212 valence electrons. The van der Waals surface area contributed by atoms with Gasteiger partial charge in [0.1, 0.15) is 30.6 Å². The third-order valence-corrected chi connectivity index (χ3v) is 7.48. The molecule has 2 N–H and O–H groups in total. The normalized spacial score (nSPS) is 10.7. The van der Waals surface area contributed by atoms with Gasteiger partial charge in [-0.15, -0.1) is 0 Å². The minimum absolute atomic E-state index is 0.0674. The number of sulfone groups is 1. The van der Waals surface area contributed by atoms with Crippen LogP contribution in [0.4, 0.5) is 0 Å². The number of ether oxygens (including phenoxy) is 2. The van der Waals surface area contributed by atoms with Gasteiger partial charge in [-0.05, 0) is 74.5 Å². The second-order valence-electron chi connectivity index (χ2n) is 8.68. The Hall–Kier alpha value is -4.84. The van der Waals surface area contributed by atoms with Gasteiger partial charge in [0.15, 0.2) is 0 Å². The monoisotopic (exact) mass is 578 g/mol. The molecule has 0 spiro atoms. The van der Waals surface area contributed by atoms with Gasteiger partial charge in [-0.2, -0.15) is 0 Å². The van der Waals surface area contributed by atoms with Crippen LogP contribution in [0.5, 0.6) is 17.2 Å². The van der Waals surface area contributed by atoms with Crippen molar-refractivity contribution in [1.29, 1.82) is 0 Å². The summed E-state index contributed by atoms with van der Waals surface area (Å²) in [5.74, 6) is -1.67. The number of carboxylic acid groups (broad SMARTS) is 1. The van der Waals surface area contributed by atoms with E-state index in [0.29, 0.717) is 16.9 Å². The summed E-state index contributed by atoms with van der Waals surface area (Å²) in [4.78, 5) is 36.3. The van der Waals surface area contributed by atoms with Crippen molar-refractivity contribution < 1.29 is 47.5 Å². The van der Waals surface area contributed by atoms with E-state index in [1.165, 1.54) is 54.6 Å². The largest absolute Gasteiger partial charge is 0.478 e. The molecule has 4 aromatic carbocycles. The molecule has 0 saturated carbocycles. The summed E-state index contributed by atoms with van der Waals surface area (Å²) >= 11 is 0. The van der Waals surface area contributed by atoms with Gasteiger partial charge in [0.2, 0.25) is 9.84 Å². The molecule has 4 aromatic rings. The highest BCUT2D eigenvalue weighted by Gasteiger charge is 2.22. The van der Waals surface area contributed by atoms with E-state index < -0.39 is 21.8 Å². The van der Waals surface area contributed by atoms with Crippen LogP contribution in [0.1, 0.15) is 37.4 Å². The standard InChI is InChI=1S/C29H24O9S.CH2O/c1-18-10-12-27(20(13-18)17-36-33)37-21-5-3-7-23(15-21)39(34,35)24-8-4-6-22(16-24)38-29(32)25-11-9-19(2)14-26(25)28(30)31;1-2/h3-16,33H,17H2,1-2H3,(H,30,31);1H2. The van der Waals surface area contributed by atoms with Crippen molar-refractivity contribution >= 4 is 28.6 Å². The van der Waals surface area contributed by atoms with Gasteiger partial charge in [-0.1, -0.05) is 35.4 Å². The fraction of sp³-hybridized carbons (Fsp3) is 0.100. The van der Waals surface area contributed by atoms with E-state index in [0.717, 1.165) is 5.56 Å². The summed E-state index contributed by atoms with van der Waals surface area (Å²) in [6, 6.07) is 20.8. The van der Waals surface area contributed by atoms with Crippen molar-refractivity contribution in [3.05, 3.63) is 113 Å². The van der Waals surface area contributed by atoms with Crippen LogP contribution in [-0.2, 0) is 26.1 Å². The quantitative estimate of drug-likeness (QED) is 0.110. The minimum Gasteiger partial charge on any atom is -0.478 e. The van der Waals surface area contributed by atoms with E-state index in [-0.39, 0.29) is 39.0 Å². The summed E-state index contributed by atoms with van der Waals surface area (Å²) in [5.41, 5.74) is 1.77. The third-order valence-electron chi connectivity index (χ3n) is 5.73. The number of carbonyl (C=O) groups is 3. The third kappa shape index (κ3) is 7.42. The topological polar surface area (TPSA) is 154 Å². The summed E-state index contributed by atoms with van der Waals surface area (Å²) in [6.07, 6.45) is 0. The molecule has 0 heterocycles. The van der Waals surface area contributed by atoms with Crippen LogP contribution in [-0.4, -0.2) is 37.5 Å². The van der Waals surface area contributed by atoms with E-state index in [1.807, 2.05) is 13.7 Å². The molecule has 0 fully saturated rings. The number of benzene rings is 4. The average Bonchev–Trinajstić information content (AvgIpc) is 2.96. The van der Waals surface area contributed by atoms with Gasteiger partial charge < -0.3 is 19.4 Å². The van der Waals surface area contributed by atoms with E-state index >= 15 is 0 Å². The van der Waals surface area contributed by atoms with Crippen molar-refractivity contribution in [2.24, 2.45) is 0 Å². The molecule has 0 bridgehead atoms. The summed E-state index contributed by atoms with van der Waals surface area (Å²) < 4.78 is 38.0. The zero-order valence-electron chi connectivity index (χ0n) is 22.1. The van der Waals surface area contributed by atoms with E-state index in [9.17, 15) is 23.1 Å². The minimum atomic E-state index is -4.06. The van der Waals surface area contributed by atoms with Gasteiger partial charge >= 0.3 is 11.9 Å². The zero-order chi connectivity index (χ0) is 30.2. The Morgan fingerprint density at radius 2 is 1.37 bits per heavy atom. The van der Waals surface area contributed by atoms with Crippen molar-refractivity contribution in [2.45, 2.75) is 30.2 Å². The van der Waals surface area contributed by atoms with Crippen LogP contribution in [0.3, 0.4) is 0 Å². The van der Waals surface area contributed by atoms with Gasteiger partial charge in [-0.3, -0.25) is 5.26 Å². The fourth-order valence-corrected chi connectivity index (χ4v) is 5.17. The molecule has 11 heteroatoms. The SMILES string of the molecule is C=O.Cc1ccc(Oc2cccc(S(=O)(=O)c3cccc(OC(=O)c4ccc(C)cc4C(=O)O)c3)c2)c(COO)c1. The molecule has 10 nitrogen and oxygen atoms in total. The van der Waals surface area contributed by atoms with Crippen LogP contribution in [0.25, 0.3) is 0 Å². The molecule has 0 amide bonds. The molecule has 0 aliphatic rings. The van der Waals surface area contributed by atoms with Gasteiger partial charge in [0, 0.05) is 5.56 Å². The fourth-order valence-electron chi connectivity index (χ4n) is 3.84. The number of rotatable bonds is 9. The lowest BCUT2D eigenvalue weighted by Gasteiger charge is -2.13. The molecule has 0 aliphatic carbocycles. The Labute approximate surface area is 236 Å². The van der Waals surface area contributed by atoms with Crippen LogP contribution in [0.2, 0.25) is 0 Å². The Morgan fingerprint density at radius 1 is 0.780 bits per heavy atom. The summed E-state index contributed by atoms with van der Waals surface area (Å²) in [7, 11) is -4.06. The molecule has 0 unspecified atom stereocenters. The molecule has 0 aliphatic heterocycles. The number of aryl methyl sites for hydroxylation is 2. The Balaban J connectivity index is 0.00000226. The lowest BCUT2D eigenvalue weighted by Crippen LogP contribution is -2.14. The lowest BCUT2D eigenvalue weighted by atomic mass is 10.0. The highest BCUT2D eigenvalue weighted by molar-refractivity contribution is 7.91. The molecule has 0 radical (unpaired) electrons. The van der Waals surface area contributed by atoms with Crippen molar-refractivity contribution in [1.82, 2.24) is 0 Å². The van der Waals surface area contributed by atoms with Crippen molar-refractivity contribution in [3.63, 3.8) is 0 Å². The first-order valence-electron chi connectivity index (χ1n) is 11.9. The summed E-state index contributed by atoms with van der Waals surface area (Å²) in [5, 5.41) is 18.3. The highest BCUT2D eigenvalue weighted by Crippen LogP contribution is 2.31. The number of carboxylic acids is 1. The first kappa shape index (κ1) is 30.7. The van der Waals surface area contributed by atoms with Crippen LogP contribution < -0.4 is 9.47 Å². The predicted octanol–water partition coefficient (Wildman–Crippen LogP) is 5.65. The van der Waals surface area contributed by atoms with Gasteiger partial charge in [-0.25, -0.2) is 22.9 Å². The maximum absolute atomic E-state index is 13.4. The maximum atomic E-state index is 13.4. The Bertz CT molecular complexity index is 1680. The van der Waals surface area contributed by atoms with E-state index in [1.54, 1.807) is 37.3 Å². The van der Waals surface area contributed by atoms with Crippen LogP contribution in [0, 0.1) is 13.8 Å². The highest BCUT2D eigenvalue weighted by atomic mass is 32.2. The Kier molecular flexibility index (Phi) is 10.1. The number of aromatic carboxylic acids is 1. The number of esters is 1. The second kappa shape index (κ2) is 13.5. The predicted molar refractivity (Wildman–Crippen MR) is 147 cm³/mol. The van der Waals surface area contributed by atoms with Crippen LogP contribution in [0.15, 0.2) is 94.7 Å². The zero-order valence-corrected chi connectivity index (χ0v) is 22.9. The molecule has 41 heavy (non-hydrogen) atoms. The first-order chi connectivity index (χ1) is 19.6. The molecular weight excluding hydrogens is 552 g/mol. The van der Waals surface area contributed by atoms with E-state index in [4.69, 9.17) is 19.5 Å².